The second kappa shape index (κ2) is 6.66. The Balaban J connectivity index is 1.80. The van der Waals surface area contributed by atoms with Crippen LogP contribution in [0, 0.1) is 0 Å². The Labute approximate surface area is 146 Å². The topological polar surface area (TPSA) is 67.8 Å². The van der Waals surface area contributed by atoms with Gasteiger partial charge < -0.3 is 5.32 Å². The highest BCUT2D eigenvalue weighted by atomic mass is 35.5. The van der Waals surface area contributed by atoms with Gasteiger partial charge in [0.15, 0.2) is 10.3 Å². The van der Waals surface area contributed by atoms with Crippen molar-refractivity contribution >= 4 is 57.3 Å². The maximum absolute atomic E-state index is 12.2. The van der Waals surface area contributed by atoms with Gasteiger partial charge in [-0.3, -0.25) is 9.78 Å². The molecule has 0 aliphatic carbocycles. The molecule has 3 aromatic rings. The van der Waals surface area contributed by atoms with Crippen molar-refractivity contribution in [3.05, 3.63) is 57.7 Å². The van der Waals surface area contributed by atoms with Crippen molar-refractivity contribution in [1.29, 1.82) is 0 Å². The number of carbonyl (C=O) groups excluding carboxylic acids is 1. The van der Waals surface area contributed by atoms with Crippen LogP contribution in [0.1, 0.15) is 5.56 Å². The van der Waals surface area contributed by atoms with E-state index in [1.165, 1.54) is 6.33 Å². The monoisotopic (exact) mass is 366 g/mol. The zero-order valence-corrected chi connectivity index (χ0v) is 13.8. The average Bonchev–Trinajstić information content (AvgIpc) is 2.50. The lowest BCUT2D eigenvalue weighted by molar-refractivity contribution is -0.115. The summed E-state index contributed by atoms with van der Waals surface area (Å²) in [7, 11) is 0. The molecule has 0 bridgehead atoms. The molecular formula is C15H9Cl3N4O. The first-order valence-corrected chi connectivity index (χ1v) is 7.66. The number of nitrogens with zero attached hydrogens (tertiary/aromatic N) is 3. The normalized spacial score (nSPS) is 10.7. The van der Waals surface area contributed by atoms with Crippen LogP contribution in [0.25, 0.3) is 10.9 Å². The molecule has 1 aromatic carbocycles. The minimum Gasteiger partial charge on any atom is -0.321 e. The van der Waals surface area contributed by atoms with Crippen LogP contribution in [0.2, 0.25) is 15.3 Å². The largest absolute Gasteiger partial charge is 0.321 e. The van der Waals surface area contributed by atoms with E-state index in [2.05, 4.69) is 20.3 Å². The van der Waals surface area contributed by atoms with Crippen molar-refractivity contribution in [3.8, 4) is 0 Å². The third-order valence-electron chi connectivity index (χ3n) is 3.10. The maximum Gasteiger partial charge on any atom is 0.228 e. The molecule has 0 aliphatic heterocycles. The number of halogens is 3. The van der Waals surface area contributed by atoms with Gasteiger partial charge in [-0.15, -0.1) is 0 Å². The van der Waals surface area contributed by atoms with Crippen molar-refractivity contribution in [3.63, 3.8) is 0 Å². The van der Waals surface area contributed by atoms with E-state index in [0.29, 0.717) is 5.02 Å². The summed E-state index contributed by atoms with van der Waals surface area (Å²) in [4.78, 5) is 23.9. The molecule has 0 atom stereocenters. The van der Waals surface area contributed by atoms with Crippen LogP contribution >= 0.6 is 34.8 Å². The molecule has 1 amide bonds. The van der Waals surface area contributed by atoms with Gasteiger partial charge in [0.25, 0.3) is 0 Å². The molecule has 3 rings (SSSR count). The van der Waals surface area contributed by atoms with Crippen LogP contribution in [0.5, 0.6) is 0 Å². The first-order chi connectivity index (χ1) is 11.0. The second-order valence-electron chi connectivity index (χ2n) is 4.74. The Morgan fingerprint density at radius 2 is 1.78 bits per heavy atom. The molecule has 0 saturated heterocycles. The van der Waals surface area contributed by atoms with E-state index in [1.54, 1.807) is 12.3 Å². The van der Waals surface area contributed by atoms with Gasteiger partial charge >= 0.3 is 0 Å². The summed E-state index contributed by atoms with van der Waals surface area (Å²) in [6.07, 6.45) is 2.94. The van der Waals surface area contributed by atoms with Crippen molar-refractivity contribution in [2.45, 2.75) is 6.42 Å². The summed E-state index contributed by atoms with van der Waals surface area (Å²) in [5.41, 5.74) is 1.82. The molecule has 0 unspecified atom stereocenters. The van der Waals surface area contributed by atoms with Crippen LogP contribution < -0.4 is 5.32 Å². The Kier molecular flexibility index (Phi) is 4.61. The molecule has 5 nitrogen and oxygen atoms in total. The minimum absolute atomic E-state index is 0.0906. The summed E-state index contributed by atoms with van der Waals surface area (Å²) in [5.74, 6) is -0.280. The first kappa shape index (κ1) is 15.9. The smallest absolute Gasteiger partial charge is 0.228 e. The zero-order chi connectivity index (χ0) is 16.4. The van der Waals surface area contributed by atoms with E-state index in [1.807, 2.05) is 18.2 Å². The number of hydrogen-bond donors (Lipinski definition) is 1. The van der Waals surface area contributed by atoms with Crippen molar-refractivity contribution in [1.82, 2.24) is 15.0 Å². The second-order valence-corrected chi connectivity index (χ2v) is 5.89. The van der Waals surface area contributed by atoms with Crippen molar-refractivity contribution < 1.29 is 4.79 Å². The number of carbonyl (C=O) groups is 1. The molecule has 2 aromatic heterocycles. The molecule has 2 heterocycles. The van der Waals surface area contributed by atoms with E-state index in [0.717, 1.165) is 16.5 Å². The van der Waals surface area contributed by atoms with Crippen LogP contribution in [0.15, 0.2) is 36.8 Å². The van der Waals surface area contributed by atoms with Crippen molar-refractivity contribution in [2.75, 3.05) is 5.32 Å². The molecule has 0 spiro atoms. The van der Waals surface area contributed by atoms with E-state index >= 15 is 0 Å². The fraction of sp³-hybridized carbons (Fsp3) is 0.0667. The molecule has 23 heavy (non-hydrogen) atoms. The predicted molar refractivity (Wildman–Crippen MR) is 91.1 cm³/mol. The van der Waals surface area contributed by atoms with Crippen LogP contribution in [0.3, 0.4) is 0 Å². The van der Waals surface area contributed by atoms with Gasteiger partial charge in [-0.1, -0.05) is 40.9 Å². The van der Waals surface area contributed by atoms with E-state index in [9.17, 15) is 4.79 Å². The third kappa shape index (κ3) is 3.69. The quantitative estimate of drug-likeness (QED) is 0.706. The van der Waals surface area contributed by atoms with Crippen LogP contribution in [-0.4, -0.2) is 20.9 Å². The van der Waals surface area contributed by atoms with Gasteiger partial charge in [0, 0.05) is 11.6 Å². The Hall–Kier alpha value is -1.95. The third-order valence-corrected chi connectivity index (χ3v) is 3.88. The Morgan fingerprint density at radius 1 is 1.04 bits per heavy atom. The lowest BCUT2D eigenvalue weighted by Gasteiger charge is -2.08. The summed E-state index contributed by atoms with van der Waals surface area (Å²) >= 11 is 17.7. The molecule has 116 valence electrons. The van der Waals surface area contributed by atoms with Gasteiger partial charge in [-0.05, 0) is 23.8 Å². The number of pyridine rings is 1. The van der Waals surface area contributed by atoms with E-state index in [4.69, 9.17) is 34.8 Å². The highest BCUT2D eigenvalue weighted by Gasteiger charge is 2.12. The summed E-state index contributed by atoms with van der Waals surface area (Å²) in [5, 5.41) is 4.20. The highest BCUT2D eigenvalue weighted by Crippen LogP contribution is 2.26. The predicted octanol–water partition coefficient (Wildman–Crippen LogP) is 4.17. The lowest BCUT2D eigenvalue weighted by Crippen LogP contribution is -2.15. The number of fused-ring (bicyclic) bond motifs is 1. The molecule has 0 aliphatic rings. The zero-order valence-electron chi connectivity index (χ0n) is 11.6. The number of amides is 1. The van der Waals surface area contributed by atoms with Gasteiger partial charge in [0.2, 0.25) is 5.91 Å². The minimum atomic E-state index is -0.280. The fourth-order valence-electron chi connectivity index (χ4n) is 2.08. The van der Waals surface area contributed by atoms with Crippen LogP contribution in [0.4, 0.5) is 5.69 Å². The van der Waals surface area contributed by atoms with Gasteiger partial charge in [-0.25, -0.2) is 9.97 Å². The number of nitrogens with one attached hydrogen (secondary N) is 1. The van der Waals surface area contributed by atoms with E-state index < -0.39 is 0 Å². The summed E-state index contributed by atoms with van der Waals surface area (Å²) < 4.78 is 0. The molecule has 0 radical (unpaired) electrons. The maximum atomic E-state index is 12.2. The summed E-state index contributed by atoms with van der Waals surface area (Å²) in [6.45, 7) is 0. The van der Waals surface area contributed by atoms with Gasteiger partial charge in [0.1, 0.15) is 12.0 Å². The molecule has 0 fully saturated rings. The van der Waals surface area contributed by atoms with Crippen molar-refractivity contribution in [2.24, 2.45) is 0 Å². The number of aromatic nitrogens is 3. The van der Waals surface area contributed by atoms with E-state index in [-0.39, 0.29) is 28.3 Å². The SMILES string of the molecule is O=C(Cc1ccc2ncc(Cl)cc2c1)Nc1c(Cl)ncnc1Cl. The first-order valence-electron chi connectivity index (χ1n) is 6.53. The Bertz CT molecular complexity index is 881. The number of hydrogen-bond acceptors (Lipinski definition) is 4. The molecule has 1 N–H and O–H groups in total. The lowest BCUT2D eigenvalue weighted by atomic mass is 10.1. The molecular weight excluding hydrogens is 359 g/mol. The van der Waals surface area contributed by atoms with Gasteiger partial charge in [0.05, 0.1) is 17.0 Å². The Morgan fingerprint density at radius 3 is 2.52 bits per heavy atom. The number of anilines is 1. The van der Waals surface area contributed by atoms with Crippen LogP contribution in [-0.2, 0) is 11.2 Å². The summed E-state index contributed by atoms with van der Waals surface area (Å²) in [6, 6.07) is 7.32. The molecule has 8 heteroatoms. The highest BCUT2D eigenvalue weighted by molar-refractivity contribution is 6.38. The van der Waals surface area contributed by atoms with Gasteiger partial charge in [-0.2, -0.15) is 0 Å². The number of rotatable bonds is 3. The number of benzene rings is 1. The average molecular weight is 368 g/mol. The fourth-order valence-corrected chi connectivity index (χ4v) is 2.66. The standard InChI is InChI=1S/C15H9Cl3N4O/c16-10-5-9-3-8(1-2-11(9)19-6-10)4-12(23)22-13-14(17)20-7-21-15(13)18/h1-3,5-7H,4H2,(H,22,23). The molecule has 0 saturated carbocycles.